The Kier molecular flexibility index (Phi) is 4.64. The summed E-state index contributed by atoms with van der Waals surface area (Å²) in [4.78, 5) is 2.27. The molecule has 20 heavy (non-hydrogen) atoms. The predicted octanol–water partition coefficient (Wildman–Crippen LogP) is 4.22. The van der Waals surface area contributed by atoms with Gasteiger partial charge in [0.15, 0.2) is 0 Å². The van der Waals surface area contributed by atoms with Crippen molar-refractivity contribution in [2.75, 3.05) is 25.5 Å². The molecule has 1 aliphatic heterocycles. The number of benzene rings is 1. The summed E-state index contributed by atoms with van der Waals surface area (Å²) in [7, 11) is 2.08. The Labute approximate surface area is 125 Å². The standard InChI is InChI=1S/C14H18BrF3N2/c1-9-8-20(2)6-5-12(9)19-13-4-3-10(7-11(13)15)14(16,17)18/h3-4,7,9,12,19H,5-6,8H2,1-2H3. The van der Waals surface area contributed by atoms with E-state index in [-0.39, 0.29) is 0 Å². The molecular formula is C14H18BrF3N2. The van der Waals surface area contributed by atoms with Crippen molar-refractivity contribution in [3.05, 3.63) is 28.2 Å². The maximum atomic E-state index is 12.6. The van der Waals surface area contributed by atoms with Crippen LogP contribution in [0.15, 0.2) is 22.7 Å². The largest absolute Gasteiger partial charge is 0.416 e. The Hall–Kier alpha value is -0.750. The molecule has 1 saturated heterocycles. The predicted molar refractivity (Wildman–Crippen MR) is 77.8 cm³/mol. The van der Waals surface area contributed by atoms with Crippen LogP contribution in [-0.2, 0) is 6.18 Å². The highest BCUT2D eigenvalue weighted by Crippen LogP contribution is 2.34. The van der Waals surface area contributed by atoms with Crippen LogP contribution in [-0.4, -0.2) is 31.1 Å². The van der Waals surface area contributed by atoms with Crippen molar-refractivity contribution in [2.24, 2.45) is 5.92 Å². The molecule has 2 rings (SSSR count). The molecule has 2 unspecified atom stereocenters. The van der Waals surface area contributed by atoms with E-state index in [0.29, 0.717) is 16.4 Å². The van der Waals surface area contributed by atoms with Gasteiger partial charge in [-0.05, 0) is 60.1 Å². The lowest BCUT2D eigenvalue weighted by Gasteiger charge is -2.36. The molecule has 0 amide bonds. The molecule has 0 bridgehead atoms. The Morgan fingerprint density at radius 3 is 2.60 bits per heavy atom. The molecule has 1 aliphatic rings. The molecule has 1 fully saturated rings. The molecule has 6 heteroatoms. The van der Waals surface area contributed by atoms with Gasteiger partial charge in [-0.1, -0.05) is 6.92 Å². The Bertz CT molecular complexity index is 476. The lowest BCUT2D eigenvalue weighted by atomic mass is 9.94. The van der Waals surface area contributed by atoms with Gasteiger partial charge in [0, 0.05) is 22.7 Å². The normalized spacial score (nSPS) is 24.7. The molecule has 1 aromatic rings. The van der Waals surface area contributed by atoms with Crippen LogP contribution in [0.1, 0.15) is 18.9 Å². The van der Waals surface area contributed by atoms with Crippen molar-refractivity contribution < 1.29 is 13.2 Å². The number of nitrogens with zero attached hydrogens (tertiary/aromatic N) is 1. The lowest BCUT2D eigenvalue weighted by Crippen LogP contribution is -2.43. The van der Waals surface area contributed by atoms with Crippen molar-refractivity contribution in [3.63, 3.8) is 0 Å². The lowest BCUT2D eigenvalue weighted by molar-refractivity contribution is -0.137. The van der Waals surface area contributed by atoms with E-state index in [1.54, 1.807) is 0 Å². The minimum Gasteiger partial charge on any atom is -0.381 e. The molecular weight excluding hydrogens is 333 g/mol. The number of piperidine rings is 1. The summed E-state index contributed by atoms with van der Waals surface area (Å²) in [5, 5.41) is 3.36. The fourth-order valence-corrected chi connectivity index (χ4v) is 3.07. The fourth-order valence-electron chi connectivity index (χ4n) is 2.58. The molecule has 0 aliphatic carbocycles. The molecule has 1 heterocycles. The van der Waals surface area contributed by atoms with Crippen LogP contribution in [0.5, 0.6) is 0 Å². The van der Waals surface area contributed by atoms with Gasteiger partial charge in [0.25, 0.3) is 0 Å². The molecule has 1 aromatic carbocycles. The first-order chi connectivity index (χ1) is 9.27. The minimum absolute atomic E-state index is 0.291. The zero-order chi connectivity index (χ0) is 14.9. The van der Waals surface area contributed by atoms with E-state index in [2.05, 4.69) is 40.1 Å². The van der Waals surface area contributed by atoms with Crippen molar-refractivity contribution in [2.45, 2.75) is 25.6 Å². The van der Waals surface area contributed by atoms with E-state index in [0.717, 1.165) is 37.3 Å². The SMILES string of the molecule is CC1CN(C)CCC1Nc1ccc(C(F)(F)F)cc1Br. The second-order valence-electron chi connectivity index (χ2n) is 5.47. The fraction of sp³-hybridized carbons (Fsp3) is 0.571. The van der Waals surface area contributed by atoms with E-state index in [4.69, 9.17) is 0 Å². The zero-order valence-electron chi connectivity index (χ0n) is 11.5. The van der Waals surface area contributed by atoms with E-state index in [1.807, 2.05) is 0 Å². The number of rotatable bonds is 2. The summed E-state index contributed by atoms with van der Waals surface area (Å²) in [6, 6.07) is 4.03. The summed E-state index contributed by atoms with van der Waals surface area (Å²) < 4.78 is 38.3. The van der Waals surface area contributed by atoms with Gasteiger partial charge in [-0.25, -0.2) is 0 Å². The Morgan fingerprint density at radius 1 is 1.35 bits per heavy atom. The quantitative estimate of drug-likeness (QED) is 0.858. The monoisotopic (exact) mass is 350 g/mol. The van der Waals surface area contributed by atoms with Crippen molar-refractivity contribution >= 4 is 21.6 Å². The van der Waals surface area contributed by atoms with Crippen LogP contribution in [0.4, 0.5) is 18.9 Å². The van der Waals surface area contributed by atoms with Crippen LogP contribution in [0.3, 0.4) is 0 Å². The molecule has 0 spiro atoms. The first-order valence-electron chi connectivity index (χ1n) is 6.59. The molecule has 1 N–H and O–H groups in total. The number of anilines is 1. The minimum atomic E-state index is -4.30. The third kappa shape index (κ3) is 3.67. The molecule has 0 saturated carbocycles. The smallest absolute Gasteiger partial charge is 0.381 e. The van der Waals surface area contributed by atoms with Crippen molar-refractivity contribution in [3.8, 4) is 0 Å². The maximum Gasteiger partial charge on any atom is 0.416 e. The summed E-state index contributed by atoms with van der Waals surface area (Å²) in [5.74, 6) is 0.461. The van der Waals surface area contributed by atoms with Crippen LogP contribution < -0.4 is 5.32 Å². The van der Waals surface area contributed by atoms with Crippen LogP contribution >= 0.6 is 15.9 Å². The summed E-state index contributed by atoms with van der Waals surface area (Å²) in [6.07, 6.45) is -3.31. The van der Waals surface area contributed by atoms with Gasteiger partial charge >= 0.3 is 6.18 Å². The Morgan fingerprint density at radius 2 is 2.05 bits per heavy atom. The first kappa shape index (κ1) is 15.6. The molecule has 2 nitrogen and oxygen atoms in total. The molecule has 112 valence electrons. The highest BCUT2D eigenvalue weighted by Gasteiger charge is 2.31. The third-order valence-electron chi connectivity index (χ3n) is 3.75. The average Bonchev–Trinajstić information content (AvgIpc) is 2.33. The van der Waals surface area contributed by atoms with Gasteiger partial charge in [0.1, 0.15) is 0 Å². The first-order valence-corrected chi connectivity index (χ1v) is 7.38. The highest BCUT2D eigenvalue weighted by molar-refractivity contribution is 9.10. The zero-order valence-corrected chi connectivity index (χ0v) is 13.1. The second-order valence-corrected chi connectivity index (χ2v) is 6.33. The number of hydrogen-bond acceptors (Lipinski definition) is 2. The van der Waals surface area contributed by atoms with Crippen molar-refractivity contribution in [1.29, 1.82) is 0 Å². The number of nitrogens with one attached hydrogen (secondary N) is 1. The number of hydrogen-bond donors (Lipinski definition) is 1. The maximum absolute atomic E-state index is 12.6. The van der Waals surface area contributed by atoms with Gasteiger partial charge < -0.3 is 10.2 Å². The number of likely N-dealkylation sites (tertiary alicyclic amines) is 1. The number of halogens is 4. The van der Waals surface area contributed by atoms with Crippen LogP contribution in [0, 0.1) is 5.92 Å². The number of alkyl halides is 3. The van der Waals surface area contributed by atoms with Crippen molar-refractivity contribution in [1.82, 2.24) is 4.90 Å². The van der Waals surface area contributed by atoms with Crippen LogP contribution in [0.25, 0.3) is 0 Å². The van der Waals surface area contributed by atoms with Gasteiger partial charge in [-0.2, -0.15) is 13.2 Å². The van der Waals surface area contributed by atoms with E-state index in [9.17, 15) is 13.2 Å². The van der Waals surface area contributed by atoms with Gasteiger partial charge in [-0.3, -0.25) is 0 Å². The summed E-state index contributed by atoms with van der Waals surface area (Å²) >= 11 is 3.23. The summed E-state index contributed by atoms with van der Waals surface area (Å²) in [6.45, 7) is 4.15. The molecule has 0 aromatic heterocycles. The van der Waals surface area contributed by atoms with E-state index >= 15 is 0 Å². The third-order valence-corrected chi connectivity index (χ3v) is 4.40. The van der Waals surface area contributed by atoms with E-state index in [1.165, 1.54) is 6.07 Å². The topological polar surface area (TPSA) is 15.3 Å². The Balaban J connectivity index is 2.10. The second kappa shape index (κ2) is 5.93. The van der Waals surface area contributed by atoms with Gasteiger partial charge in [-0.15, -0.1) is 0 Å². The summed E-state index contributed by atoms with van der Waals surface area (Å²) in [5.41, 5.74) is 0.0887. The van der Waals surface area contributed by atoms with Gasteiger partial charge in [0.05, 0.1) is 5.56 Å². The van der Waals surface area contributed by atoms with Crippen LogP contribution in [0.2, 0.25) is 0 Å². The van der Waals surface area contributed by atoms with E-state index < -0.39 is 11.7 Å². The van der Waals surface area contributed by atoms with Gasteiger partial charge in [0.2, 0.25) is 0 Å². The highest BCUT2D eigenvalue weighted by atomic mass is 79.9. The molecule has 0 radical (unpaired) electrons. The molecule has 2 atom stereocenters. The average molecular weight is 351 g/mol.